The van der Waals surface area contributed by atoms with Gasteiger partial charge in [-0.1, -0.05) is 79.6 Å². The van der Waals surface area contributed by atoms with Crippen molar-refractivity contribution >= 4 is 10.8 Å². The van der Waals surface area contributed by atoms with Crippen LogP contribution in [-0.4, -0.2) is 62.8 Å². The number of fused-ring (bicyclic) bond motifs is 6. The molecule has 4 aliphatic rings. The first-order valence-electron chi connectivity index (χ1n) is 15.0. The zero-order valence-electron chi connectivity index (χ0n) is 23.5. The molecule has 2 aromatic carbocycles. The first-order chi connectivity index (χ1) is 18.7. The second-order valence-corrected chi connectivity index (χ2v) is 13.4. The fourth-order valence-electron chi connectivity index (χ4n) is 8.94. The number of nitrogens with zero attached hydrogens (tertiary/aromatic N) is 1. The van der Waals surface area contributed by atoms with Crippen molar-refractivity contribution in [2.24, 2.45) is 22.7 Å². The quantitative estimate of drug-likeness (QED) is 0.406. The van der Waals surface area contributed by atoms with Crippen LogP contribution in [0.5, 0.6) is 0 Å². The fraction of sp³-hybridized carbons (Fsp3) is 0.588. The predicted octanol–water partition coefficient (Wildman–Crippen LogP) is 4.97. The molecule has 4 N–H and O–H groups in total. The minimum Gasteiger partial charge on any atom is -0.394 e. The molecule has 5 heteroatoms. The monoisotopic (exact) mass is 531 g/mol. The van der Waals surface area contributed by atoms with Gasteiger partial charge in [0.25, 0.3) is 0 Å². The van der Waals surface area contributed by atoms with Gasteiger partial charge in [0.1, 0.15) is 0 Å². The first kappa shape index (κ1) is 27.2. The van der Waals surface area contributed by atoms with Crippen LogP contribution in [-0.2, 0) is 6.54 Å². The third-order valence-corrected chi connectivity index (χ3v) is 11.3. The lowest BCUT2D eigenvalue weighted by Gasteiger charge is -2.56. The zero-order valence-corrected chi connectivity index (χ0v) is 23.5. The van der Waals surface area contributed by atoms with Crippen LogP contribution in [0.2, 0.25) is 0 Å². The topological polar surface area (TPSA) is 84.2 Å². The number of aliphatic hydroxyl groups is 4. The van der Waals surface area contributed by atoms with Gasteiger partial charge in [-0.3, -0.25) is 4.90 Å². The SMILES string of the molecule is CC12CCC(O)CC1=CC=C1C2CCC2(C)C1CCC2(O)CN(Cc1cccc2ccccc12)CC(O)CO. The fourth-order valence-corrected chi connectivity index (χ4v) is 8.94. The Bertz CT molecular complexity index is 1280. The number of hydrogen-bond acceptors (Lipinski definition) is 5. The molecule has 3 saturated carbocycles. The van der Waals surface area contributed by atoms with Gasteiger partial charge < -0.3 is 20.4 Å². The van der Waals surface area contributed by atoms with Crippen molar-refractivity contribution in [3.05, 3.63) is 71.3 Å². The zero-order chi connectivity index (χ0) is 27.4. The number of aliphatic hydroxyl groups excluding tert-OH is 3. The molecule has 0 saturated heterocycles. The molecular formula is C34H45NO4. The van der Waals surface area contributed by atoms with Crippen LogP contribution in [0.1, 0.15) is 64.4 Å². The average molecular weight is 532 g/mol. The van der Waals surface area contributed by atoms with Gasteiger partial charge in [0.15, 0.2) is 0 Å². The van der Waals surface area contributed by atoms with Gasteiger partial charge >= 0.3 is 0 Å². The Labute approximate surface area is 232 Å². The standard InChI is InChI=1S/C34H45NO4/c1-32-15-12-26(37)18-25(32)10-11-29-30(32)13-16-33(2)31(29)14-17-34(33,39)22-35(20-27(38)21-36)19-24-8-5-7-23-6-3-4-9-28(23)24/h3-11,26-27,30-31,36-39H,12-22H2,1-2H3. The maximum Gasteiger partial charge on any atom is 0.0897 e. The second-order valence-electron chi connectivity index (χ2n) is 13.4. The van der Waals surface area contributed by atoms with Crippen LogP contribution < -0.4 is 0 Å². The highest BCUT2D eigenvalue weighted by molar-refractivity contribution is 5.85. The van der Waals surface area contributed by atoms with Gasteiger partial charge in [-0.05, 0) is 78.5 Å². The van der Waals surface area contributed by atoms with E-state index >= 15 is 0 Å². The molecule has 6 rings (SSSR count). The summed E-state index contributed by atoms with van der Waals surface area (Å²) in [5, 5.41) is 45.3. The van der Waals surface area contributed by atoms with E-state index in [0.717, 1.165) is 44.9 Å². The largest absolute Gasteiger partial charge is 0.394 e. The summed E-state index contributed by atoms with van der Waals surface area (Å²) in [7, 11) is 0. The molecule has 0 spiro atoms. The number of hydrogen-bond donors (Lipinski definition) is 4. The highest BCUT2D eigenvalue weighted by Gasteiger charge is 2.62. The normalized spacial score (nSPS) is 36.6. The van der Waals surface area contributed by atoms with Gasteiger partial charge in [0.2, 0.25) is 0 Å². The van der Waals surface area contributed by atoms with Crippen LogP contribution in [0.4, 0.5) is 0 Å². The van der Waals surface area contributed by atoms with Crippen molar-refractivity contribution in [2.75, 3.05) is 19.7 Å². The first-order valence-corrected chi connectivity index (χ1v) is 15.0. The van der Waals surface area contributed by atoms with Gasteiger partial charge in [-0.15, -0.1) is 0 Å². The van der Waals surface area contributed by atoms with E-state index in [-0.39, 0.29) is 23.5 Å². The second kappa shape index (κ2) is 10.1. The molecule has 5 nitrogen and oxygen atoms in total. The molecular weight excluding hydrogens is 486 g/mol. The summed E-state index contributed by atoms with van der Waals surface area (Å²) in [6, 6.07) is 14.7. The van der Waals surface area contributed by atoms with Crippen molar-refractivity contribution in [2.45, 2.75) is 83.1 Å². The van der Waals surface area contributed by atoms with E-state index in [2.05, 4.69) is 67.3 Å². The Morgan fingerprint density at radius 3 is 2.54 bits per heavy atom. The van der Waals surface area contributed by atoms with Crippen molar-refractivity contribution in [3.8, 4) is 0 Å². The van der Waals surface area contributed by atoms with E-state index in [1.807, 2.05) is 6.07 Å². The highest BCUT2D eigenvalue weighted by Crippen LogP contribution is 2.66. The lowest BCUT2D eigenvalue weighted by atomic mass is 9.50. The summed E-state index contributed by atoms with van der Waals surface area (Å²) in [6.45, 7) is 5.82. The van der Waals surface area contributed by atoms with Crippen molar-refractivity contribution in [3.63, 3.8) is 0 Å². The maximum atomic E-state index is 12.5. The molecule has 7 atom stereocenters. The van der Waals surface area contributed by atoms with Gasteiger partial charge in [0.05, 0.1) is 24.4 Å². The van der Waals surface area contributed by atoms with Gasteiger partial charge in [0, 0.05) is 25.0 Å². The molecule has 7 unspecified atom stereocenters. The Morgan fingerprint density at radius 2 is 1.72 bits per heavy atom. The van der Waals surface area contributed by atoms with Crippen LogP contribution in [0.3, 0.4) is 0 Å². The van der Waals surface area contributed by atoms with Crippen molar-refractivity contribution in [1.29, 1.82) is 0 Å². The Hall–Kier alpha value is -2.02. The Morgan fingerprint density at radius 1 is 0.949 bits per heavy atom. The van der Waals surface area contributed by atoms with Crippen molar-refractivity contribution in [1.82, 2.24) is 4.90 Å². The molecule has 0 bridgehead atoms. The van der Waals surface area contributed by atoms with E-state index in [1.54, 1.807) is 0 Å². The van der Waals surface area contributed by atoms with E-state index in [9.17, 15) is 20.4 Å². The molecule has 0 aliphatic heterocycles. The molecule has 0 heterocycles. The van der Waals surface area contributed by atoms with Crippen LogP contribution in [0, 0.1) is 22.7 Å². The molecule has 39 heavy (non-hydrogen) atoms. The van der Waals surface area contributed by atoms with E-state index in [4.69, 9.17) is 0 Å². The smallest absolute Gasteiger partial charge is 0.0897 e. The van der Waals surface area contributed by atoms with Gasteiger partial charge in [-0.25, -0.2) is 0 Å². The summed E-state index contributed by atoms with van der Waals surface area (Å²) in [6.07, 6.45) is 10.0. The Balaban J connectivity index is 1.28. The number of benzene rings is 2. The third kappa shape index (κ3) is 4.51. The molecule has 3 fully saturated rings. The van der Waals surface area contributed by atoms with Crippen molar-refractivity contribution < 1.29 is 20.4 Å². The van der Waals surface area contributed by atoms with Crippen LogP contribution >= 0.6 is 0 Å². The molecule has 0 radical (unpaired) electrons. The summed E-state index contributed by atoms with van der Waals surface area (Å²) >= 11 is 0. The highest BCUT2D eigenvalue weighted by atomic mass is 16.3. The van der Waals surface area contributed by atoms with E-state index in [1.165, 1.54) is 27.5 Å². The number of allylic oxidation sites excluding steroid dienone is 3. The summed E-state index contributed by atoms with van der Waals surface area (Å²) in [4.78, 5) is 2.17. The molecule has 4 aliphatic carbocycles. The van der Waals surface area contributed by atoms with E-state index < -0.39 is 11.7 Å². The van der Waals surface area contributed by atoms with Crippen LogP contribution in [0.15, 0.2) is 65.8 Å². The predicted molar refractivity (Wildman–Crippen MR) is 155 cm³/mol. The summed E-state index contributed by atoms with van der Waals surface area (Å²) in [5.41, 5.74) is 3.09. The van der Waals surface area contributed by atoms with Crippen LogP contribution in [0.25, 0.3) is 10.8 Å². The Kier molecular flexibility index (Phi) is 7.04. The number of rotatable bonds is 7. The molecule has 2 aromatic rings. The minimum atomic E-state index is -0.878. The molecule has 0 amide bonds. The lowest BCUT2D eigenvalue weighted by molar-refractivity contribution is -0.107. The van der Waals surface area contributed by atoms with E-state index in [0.29, 0.717) is 31.5 Å². The maximum absolute atomic E-state index is 12.5. The lowest BCUT2D eigenvalue weighted by Crippen LogP contribution is -2.56. The molecule has 0 aromatic heterocycles. The van der Waals surface area contributed by atoms with Gasteiger partial charge in [-0.2, -0.15) is 0 Å². The summed E-state index contributed by atoms with van der Waals surface area (Å²) < 4.78 is 0. The minimum absolute atomic E-state index is 0.122. The third-order valence-electron chi connectivity index (χ3n) is 11.3. The molecule has 210 valence electrons. The summed E-state index contributed by atoms with van der Waals surface area (Å²) in [5.74, 6) is 0.832. The average Bonchev–Trinajstić information content (AvgIpc) is 3.19.